The van der Waals surface area contributed by atoms with Crippen molar-refractivity contribution >= 4 is 23.1 Å². The summed E-state index contributed by atoms with van der Waals surface area (Å²) >= 11 is 5.13. The highest BCUT2D eigenvalue weighted by atomic mass is 32.1. The van der Waals surface area contributed by atoms with Crippen LogP contribution in [0.1, 0.15) is 13.3 Å². The number of amides is 1. The molecule has 1 atom stereocenters. The molecule has 2 heterocycles. The van der Waals surface area contributed by atoms with Crippen molar-refractivity contribution in [2.24, 2.45) is 5.73 Å². The van der Waals surface area contributed by atoms with E-state index in [0.29, 0.717) is 24.7 Å². The Kier molecular flexibility index (Phi) is 6.35. The summed E-state index contributed by atoms with van der Waals surface area (Å²) in [5, 5.41) is 0. The van der Waals surface area contributed by atoms with Crippen LogP contribution in [0.3, 0.4) is 0 Å². The molecule has 120 valence electrons. The molecular formula is C14H26N4O2S. The third-order valence-electron chi connectivity index (χ3n) is 4.29. The van der Waals surface area contributed by atoms with Crippen LogP contribution in [0.5, 0.6) is 0 Å². The van der Waals surface area contributed by atoms with Gasteiger partial charge in [0.25, 0.3) is 0 Å². The Bertz CT molecular complexity index is 366. The lowest BCUT2D eigenvalue weighted by Gasteiger charge is -2.39. The maximum atomic E-state index is 12.2. The van der Waals surface area contributed by atoms with E-state index in [9.17, 15) is 4.79 Å². The van der Waals surface area contributed by atoms with Gasteiger partial charge in [-0.2, -0.15) is 0 Å². The summed E-state index contributed by atoms with van der Waals surface area (Å²) in [7, 11) is 0. The highest BCUT2D eigenvalue weighted by Crippen LogP contribution is 2.10. The second kappa shape index (κ2) is 8.03. The summed E-state index contributed by atoms with van der Waals surface area (Å²) in [6.07, 6.45) is 0.946. The number of nitrogens with two attached hydrogens (primary N) is 1. The molecule has 7 heteroatoms. The summed E-state index contributed by atoms with van der Waals surface area (Å²) in [6, 6.07) is 0.192. The van der Waals surface area contributed by atoms with Gasteiger partial charge in [0.2, 0.25) is 5.91 Å². The first-order valence-corrected chi connectivity index (χ1v) is 8.14. The quantitative estimate of drug-likeness (QED) is 0.692. The topological polar surface area (TPSA) is 62.0 Å². The molecule has 2 aliphatic rings. The van der Waals surface area contributed by atoms with Gasteiger partial charge in [0, 0.05) is 39.3 Å². The van der Waals surface area contributed by atoms with Crippen LogP contribution in [0.15, 0.2) is 0 Å². The molecule has 0 spiro atoms. The molecule has 1 amide bonds. The van der Waals surface area contributed by atoms with Crippen LogP contribution in [-0.4, -0.2) is 90.7 Å². The molecule has 1 unspecified atom stereocenters. The Morgan fingerprint density at radius 1 is 1.19 bits per heavy atom. The van der Waals surface area contributed by atoms with Crippen LogP contribution in [0.25, 0.3) is 0 Å². The molecule has 2 saturated heterocycles. The zero-order chi connectivity index (χ0) is 15.2. The molecule has 0 radical (unpaired) electrons. The maximum absolute atomic E-state index is 12.2. The first-order valence-electron chi connectivity index (χ1n) is 7.73. The molecule has 2 N–H and O–H groups in total. The summed E-state index contributed by atoms with van der Waals surface area (Å²) < 4.78 is 5.28. The summed E-state index contributed by atoms with van der Waals surface area (Å²) in [4.78, 5) is 19.3. The average molecular weight is 314 g/mol. The second-order valence-electron chi connectivity index (χ2n) is 5.63. The van der Waals surface area contributed by atoms with Crippen molar-refractivity contribution in [1.29, 1.82) is 0 Å². The van der Waals surface area contributed by atoms with Crippen molar-refractivity contribution in [3.63, 3.8) is 0 Å². The minimum absolute atomic E-state index is 0.192. The van der Waals surface area contributed by atoms with Crippen LogP contribution in [0.4, 0.5) is 0 Å². The van der Waals surface area contributed by atoms with E-state index in [0.717, 1.165) is 45.7 Å². The Balaban J connectivity index is 1.75. The number of ether oxygens (including phenoxy) is 1. The van der Waals surface area contributed by atoms with Crippen molar-refractivity contribution in [3.8, 4) is 0 Å². The van der Waals surface area contributed by atoms with Gasteiger partial charge in [0.05, 0.1) is 30.8 Å². The van der Waals surface area contributed by atoms with Gasteiger partial charge in [-0.25, -0.2) is 0 Å². The Labute approximate surface area is 132 Å². The minimum atomic E-state index is 0.192. The Morgan fingerprint density at radius 3 is 2.33 bits per heavy atom. The highest BCUT2D eigenvalue weighted by Gasteiger charge is 2.26. The predicted molar refractivity (Wildman–Crippen MR) is 86.3 cm³/mol. The Hall–Kier alpha value is -0.760. The monoisotopic (exact) mass is 314 g/mol. The predicted octanol–water partition coefficient (Wildman–Crippen LogP) is -0.472. The van der Waals surface area contributed by atoms with Crippen LogP contribution in [0.2, 0.25) is 0 Å². The number of carbonyl (C=O) groups is 1. The first-order chi connectivity index (χ1) is 10.1. The molecule has 2 rings (SSSR count). The number of nitrogens with zero attached hydrogens (tertiary/aromatic N) is 3. The first kappa shape index (κ1) is 16.6. The summed E-state index contributed by atoms with van der Waals surface area (Å²) in [5.74, 6) is 0.216. The second-order valence-corrected chi connectivity index (χ2v) is 6.10. The van der Waals surface area contributed by atoms with E-state index in [1.807, 2.05) is 4.90 Å². The fourth-order valence-corrected chi connectivity index (χ4v) is 3.29. The van der Waals surface area contributed by atoms with Crippen molar-refractivity contribution in [2.75, 3.05) is 59.0 Å². The van der Waals surface area contributed by atoms with Gasteiger partial charge in [-0.05, 0) is 6.42 Å². The molecular weight excluding hydrogens is 288 g/mol. The van der Waals surface area contributed by atoms with Gasteiger partial charge in [-0.3, -0.25) is 14.6 Å². The van der Waals surface area contributed by atoms with Crippen molar-refractivity contribution in [1.82, 2.24) is 14.7 Å². The molecule has 21 heavy (non-hydrogen) atoms. The SMILES string of the molecule is CCC(C(N)=S)N1CCN(CC(=O)N2CCOCC2)CC1. The summed E-state index contributed by atoms with van der Waals surface area (Å²) in [5.41, 5.74) is 5.79. The van der Waals surface area contributed by atoms with E-state index in [2.05, 4.69) is 16.7 Å². The number of rotatable bonds is 5. The lowest BCUT2D eigenvalue weighted by molar-refractivity contribution is -0.136. The third-order valence-corrected chi connectivity index (χ3v) is 4.56. The Morgan fingerprint density at radius 2 is 1.81 bits per heavy atom. The van der Waals surface area contributed by atoms with Crippen molar-refractivity contribution < 1.29 is 9.53 Å². The van der Waals surface area contributed by atoms with E-state index in [1.54, 1.807) is 0 Å². The van der Waals surface area contributed by atoms with Gasteiger partial charge in [0.15, 0.2) is 0 Å². The molecule has 6 nitrogen and oxygen atoms in total. The highest BCUT2D eigenvalue weighted by molar-refractivity contribution is 7.80. The third kappa shape index (κ3) is 4.60. The molecule has 0 aromatic carbocycles. The molecule has 0 saturated carbocycles. The van der Waals surface area contributed by atoms with E-state index in [4.69, 9.17) is 22.7 Å². The van der Waals surface area contributed by atoms with Gasteiger partial charge in [-0.15, -0.1) is 0 Å². The molecule has 2 aliphatic heterocycles. The van der Waals surface area contributed by atoms with Crippen molar-refractivity contribution in [3.05, 3.63) is 0 Å². The lowest BCUT2D eigenvalue weighted by atomic mass is 10.1. The molecule has 0 aromatic rings. The van der Waals surface area contributed by atoms with Crippen LogP contribution in [0, 0.1) is 0 Å². The molecule has 0 aliphatic carbocycles. The standard InChI is InChI=1S/C14H26N4O2S/c1-2-12(14(15)21)17-5-3-16(4-6-17)11-13(19)18-7-9-20-10-8-18/h12H,2-11H2,1H3,(H2,15,21). The number of morpholine rings is 1. The smallest absolute Gasteiger partial charge is 0.236 e. The number of piperazine rings is 1. The summed E-state index contributed by atoms with van der Waals surface area (Å²) in [6.45, 7) is 9.02. The van der Waals surface area contributed by atoms with E-state index >= 15 is 0 Å². The maximum Gasteiger partial charge on any atom is 0.236 e. The van der Waals surface area contributed by atoms with Crippen LogP contribution in [-0.2, 0) is 9.53 Å². The van der Waals surface area contributed by atoms with Gasteiger partial charge >= 0.3 is 0 Å². The van der Waals surface area contributed by atoms with Gasteiger partial charge in [0.1, 0.15) is 0 Å². The van der Waals surface area contributed by atoms with E-state index in [-0.39, 0.29) is 11.9 Å². The minimum Gasteiger partial charge on any atom is -0.392 e. The fourth-order valence-electron chi connectivity index (χ4n) is 2.98. The average Bonchev–Trinajstić information content (AvgIpc) is 2.50. The normalized spacial score (nSPS) is 23.0. The van der Waals surface area contributed by atoms with Crippen molar-refractivity contribution in [2.45, 2.75) is 19.4 Å². The zero-order valence-corrected chi connectivity index (χ0v) is 13.6. The van der Waals surface area contributed by atoms with Crippen LogP contribution < -0.4 is 5.73 Å². The van der Waals surface area contributed by atoms with Crippen LogP contribution >= 0.6 is 12.2 Å². The molecule has 0 bridgehead atoms. The molecule has 0 aromatic heterocycles. The number of carbonyl (C=O) groups excluding carboxylic acids is 1. The lowest BCUT2D eigenvalue weighted by Crippen LogP contribution is -2.55. The number of hydrogen-bond donors (Lipinski definition) is 1. The van der Waals surface area contributed by atoms with Gasteiger partial charge in [-0.1, -0.05) is 19.1 Å². The van der Waals surface area contributed by atoms with E-state index in [1.165, 1.54) is 0 Å². The largest absolute Gasteiger partial charge is 0.392 e. The van der Waals surface area contributed by atoms with Gasteiger partial charge < -0.3 is 15.4 Å². The van der Waals surface area contributed by atoms with E-state index < -0.39 is 0 Å². The number of thiocarbonyl (C=S) groups is 1. The number of hydrogen-bond acceptors (Lipinski definition) is 5. The molecule has 2 fully saturated rings. The zero-order valence-electron chi connectivity index (χ0n) is 12.8. The fraction of sp³-hybridized carbons (Fsp3) is 0.857.